The maximum atomic E-state index is 10.2. The molecule has 0 saturated carbocycles. The third kappa shape index (κ3) is 2.91. The molecule has 0 bridgehead atoms. The van der Waals surface area contributed by atoms with Crippen LogP contribution in [-0.2, 0) is 6.54 Å². The first-order chi connectivity index (χ1) is 10.3. The van der Waals surface area contributed by atoms with Crippen LogP contribution >= 0.6 is 0 Å². The van der Waals surface area contributed by atoms with Crippen molar-refractivity contribution in [3.63, 3.8) is 0 Å². The number of fused-ring (bicyclic) bond motifs is 1. The van der Waals surface area contributed by atoms with Crippen molar-refractivity contribution in [3.05, 3.63) is 77.9 Å². The lowest BCUT2D eigenvalue weighted by Gasteiger charge is -2.16. The van der Waals surface area contributed by atoms with Crippen LogP contribution in [0.1, 0.15) is 24.1 Å². The van der Waals surface area contributed by atoms with Crippen LogP contribution in [0.5, 0.6) is 5.75 Å². The lowest BCUT2D eigenvalue weighted by molar-refractivity contribution is 0.462. The van der Waals surface area contributed by atoms with Gasteiger partial charge in [0.25, 0.3) is 0 Å². The Bertz CT molecular complexity index is 737. The van der Waals surface area contributed by atoms with E-state index in [1.165, 1.54) is 5.56 Å². The van der Waals surface area contributed by atoms with E-state index in [2.05, 4.69) is 36.5 Å². The van der Waals surface area contributed by atoms with Gasteiger partial charge in [-0.25, -0.2) is 0 Å². The smallest absolute Gasteiger partial charge is 0.120 e. The predicted octanol–water partition coefficient (Wildman–Crippen LogP) is 4.40. The van der Waals surface area contributed by atoms with Crippen LogP contribution in [0.25, 0.3) is 10.8 Å². The van der Waals surface area contributed by atoms with Crippen LogP contribution in [0.4, 0.5) is 0 Å². The second kappa shape index (κ2) is 5.98. The summed E-state index contributed by atoms with van der Waals surface area (Å²) in [5, 5.41) is 15.9. The zero-order valence-corrected chi connectivity index (χ0v) is 12.1. The summed E-state index contributed by atoms with van der Waals surface area (Å²) in [4.78, 5) is 0. The number of rotatable bonds is 4. The molecule has 106 valence electrons. The molecule has 0 aliphatic carbocycles. The first-order valence-electron chi connectivity index (χ1n) is 7.23. The average molecular weight is 277 g/mol. The van der Waals surface area contributed by atoms with Crippen LogP contribution in [0.2, 0.25) is 0 Å². The molecule has 2 nitrogen and oxygen atoms in total. The monoisotopic (exact) mass is 277 g/mol. The van der Waals surface area contributed by atoms with Crippen molar-refractivity contribution >= 4 is 10.8 Å². The molecule has 2 heteroatoms. The summed E-state index contributed by atoms with van der Waals surface area (Å²) in [5.41, 5.74) is 2.20. The van der Waals surface area contributed by atoms with E-state index in [9.17, 15) is 5.11 Å². The van der Waals surface area contributed by atoms with Crippen LogP contribution in [0, 0.1) is 0 Å². The average Bonchev–Trinajstić information content (AvgIpc) is 2.54. The number of nitrogens with one attached hydrogen (secondary N) is 1. The van der Waals surface area contributed by atoms with Gasteiger partial charge < -0.3 is 10.4 Å². The van der Waals surface area contributed by atoms with E-state index in [0.717, 1.165) is 16.3 Å². The Kier molecular flexibility index (Phi) is 3.89. The number of hydrogen-bond donors (Lipinski definition) is 2. The van der Waals surface area contributed by atoms with Gasteiger partial charge in [-0.3, -0.25) is 0 Å². The second-order valence-electron chi connectivity index (χ2n) is 5.30. The normalized spacial score (nSPS) is 12.4. The van der Waals surface area contributed by atoms with Crippen molar-refractivity contribution in [1.29, 1.82) is 0 Å². The Morgan fingerprint density at radius 3 is 2.43 bits per heavy atom. The molecule has 1 atom stereocenters. The summed E-state index contributed by atoms with van der Waals surface area (Å²) in [6.07, 6.45) is 0. The molecule has 0 spiro atoms. The molecule has 3 aromatic carbocycles. The lowest BCUT2D eigenvalue weighted by Crippen LogP contribution is -2.18. The standard InChI is InChI=1S/C19H19NO/c1-14(15-7-3-2-4-8-15)20-13-18-17-10-6-5-9-16(17)11-12-19(18)21/h2-12,14,20-21H,13H2,1H3. The summed E-state index contributed by atoms with van der Waals surface area (Å²) < 4.78 is 0. The fourth-order valence-corrected chi connectivity index (χ4v) is 2.62. The van der Waals surface area contributed by atoms with Gasteiger partial charge in [-0.15, -0.1) is 0 Å². The molecule has 0 heterocycles. The molecule has 3 rings (SSSR count). The van der Waals surface area contributed by atoms with Crippen molar-refractivity contribution in [1.82, 2.24) is 5.32 Å². The molecule has 0 amide bonds. The van der Waals surface area contributed by atoms with Gasteiger partial charge in [-0.05, 0) is 29.3 Å². The van der Waals surface area contributed by atoms with Crippen LogP contribution < -0.4 is 5.32 Å². The summed E-state index contributed by atoms with van der Waals surface area (Å²) in [7, 11) is 0. The maximum absolute atomic E-state index is 10.2. The molecule has 0 aliphatic heterocycles. The third-order valence-electron chi connectivity index (χ3n) is 3.90. The van der Waals surface area contributed by atoms with Crippen molar-refractivity contribution < 1.29 is 5.11 Å². The van der Waals surface area contributed by atoms with Gasteiger partial charge in [0.15, 0.2) is 0 Å². The number of phenolic OH excluding ortho intramolecular Hbond substituents is 1. The minimum atomic E-state index is 0.240. The van der Waals surface area contributed by atoms with Crippen molar-refractivity contribution in [2.45, 2.75) is 19.5 Å². The maximum Gasteiger partial charge on any atom is 0.120 e. The Morgan fingerprint density at radius 1 is 0.905 bits per heavy atom. The van der Waals surface area contributed by atoms with Gasteiger partial charge in [-0.2, -0.15) is 0 Å². The Hall–Kier alpha value is -2.32. The van der Waals surface area contributed by atoms with Gasteiger partial charge in [0.1, 0.15) is 5.75 Å². The van der Waals surface area contributed by atoms with Gasteiger partial charge in [0.05, 0.1) is 0 Å². The Morgan fingerprint density at radius 2 is 1.62 bits per heavy atom. The molecule has 0 saturated heterocycles. The Balaban J connectivity index is 1.84. The summed E-state index contributed by atoms with van der Waals surface area (Å²) in [6, 6.07) is 22.4. The van der Waals surface area contributed by atoms with Crippen molar-refractivity contribution in [2.24, 2.45) is 0 Å². The summed E-state index contributed by atoms with van der Waals surface area (Å²) >= 11 is 0. The predicted molar refractivity (Wildman–Crippen MR) is 87.3 cm³/mol. The third-order valence-corrected chi connectivity index (χ3v) is 3.90. The Labute approximate surface area is 125 Å². The topological polar surface area (TPSA) is 32.3 Å². The highest BCUT2D eigenvalue weighted by Gasteiger charge is 2.09. The summed E-state index contributed by atoms with van der Waals surface area (Å²) in [6.45, 7) is 2.78. The molecule has 2 N–H and O–H groups in total. The fourth-order valence-electron chi connectivity index (χ4n) is 2.62. The van der Waals surface area contributed by atoms with Crippen LogP contribution in [0.15, 0.2) is 66.7 Å². The van der Waals surface area contributed by atoms with E-state index in [4.69, 9.17) is 0 Å². The number of hydrogen-bond acceptors (Lipinski definition) is 2. The number of phenols is 1. The zero-order valence-electron chi connectivity index (χ0n) is 12.1. The fraction of sp³-hybridized carbons (Fsp3) is 0.158. The SMILES string of the molecule is CC(NCc1c(O)ccc2ccccc12)c1ccccc1. The second-order valence-corrected chi connectivity index (χ2v) is 5.30. The molecule has 1 unspecified atom stereocenters. The molecule has 0 aromatic heterocycles. The highest BCUT2D eigenvalue weighted by molar-refractivity contribution is 5.87. The molecular weight excluding hydrogens is 258 g/mol. The highest BCUT2D eigenvalue weighted by Crippen LogP contribution is 2.27. The van der Waals surface area contributed by atoms with Crippen molar-refractivity contribution in [2.75, 3.05) is 0 Å². The van der Waals surface area contributed by atoms with Gasteiger partial charge in [0.2, 0.25) is 0 Å². The van der Waals surface area contributed by atoms with Gasteiger partial charge >= 0.3 is 0 Å². The quantitative estimate of drug-likeness (QED) is 0.741. The largest absolute Gasteiger partial charge is 0.508 e. The first-order valence-corrected chi connectivity index (χ1v) is 7.23. The van der Waals surface area contributed by atoms with Gasteiger partial charge in [-0.1, -0.05) is 60.7 Å². The molecular formula is C19H19NO. The molecule has 0 radical (unpaired) electrons. The van der Waals surface area contributed by atoms with E-state index in [1.54, 1.807) is 6.07 Å². The van der Waals surface area contributed by atoms with E-state index in [-0.39, 0.29) is 6.04 Å². The number of aromatic hydroxyl groups is 1. The molecule has 21 heavy (non-hydrogen) atoms. The minimum Gasteiger partial charge on any atom is -0.508 e. The first kappa shape index (κ1) is 13.7. The van der Waals surface area contributed by atoms with Crippen LogP contribution in [-0.4, -0.2) is 5.11 Å². The summed E-state index contributed by atoms with van der Waals surface area (Å²) in [5.74, 6) is 0.349. The molecule has 0 fully saturated rings. The van der Waals surface area contributed by atoms with E-state index >= 15 is 0 Å². The zero-order chi connectivity index (χ0) is 14.7. The molecule has 3 aromatic rings. The number of benzene rings is 3. The van der Waals surface area contributed by atoms with E-state index < -0.39 is 0 Å². The van der Waals surface area contributed by atoms with Crippen LogP contribution in [0.3, 0.4) is 0 Å². The van der Waals surface area contributed by atoms with Crippen molar-refractivity contribution in [3.8, 4) is 5.75 Å². The minimum absolute atomic E-state index is 0.240. The lowest BCUT2D eigenvalue weighted by atomic mass is 10.0. The van der Waals surface area contributed by atoms with Gasteiger partial charge in [0, 0.05) is 18.2 Å². The van der Waals surface area contributed by atoms with E-state index in [1.807, 2.05) is 36.4 Å². The van der Waals surface area contributed by atoms with E-state index in [0.29, 0.717) is 12.3 Å². The molecule has 0 aliphatic rings. The highest BCUT2D eigenvalue weighted by atomic mass is 16.3.